The number of piperidine rings is 1. The highest BCUT2D eigenvalue weighted by Gasteiger charge is 2.45. The van der Waals surface area contributed by atoms with Gasteiger partial charge < -0.3 is 20.1 Å². The third-order valence-electron chi connectivity index (χ3n) is 14.5. The minimum atomic E-state index is -0.428. The quantitative estimate of drug-likeness (QED) is 0.0404. The summed E-state index contributed by atoms with van der Waals surface area (Å²) in [4.78, 5) is 30.1. The summed E-state index contributed by atoms with van der Waals surface area (Å²) in [5.41, 5.74) is 6.49. The lowest BCUT2D eigenvalue weighted by atomic mass is 9.67. The van der Waals surface area contributed by atoms with Crippen LogP contribution in [-0.4, -0.2) is 54.7 Å². The normalized spacial score (nSPS) is 21.7. The van der Waals surface area contributed by atoms with Crippen molar-refractivity contribution in [3.63, 3.8) is 0 Å². The highest BCUT2D eigenvalue weighted by Crippen LogP contribution is 2.44. The number of likely N-dealkylation sites (tertiary alicyclic amines) is 1. The predicted molar refractivity (Wildman–Crippen MR) is 248 cm³/mol. The van der Waals surface area contributed by atoms with Crippen molar-refractivity contribution in [2.75, 3.05) is 20.1 Å². The van der Waals surface area contributed by atoms with Crippen molar-refractivity contribution < 1.29 is 19.1 Å². The van der Waals surface area contributed by atoms with Crippen LogP contribution in [0.1, 0.15) is 242 Å². The zero-order valence-corrected chi connectivity index (χ0v) is 40.1. The van der Waals surface area contributed by atoms with Gasteiger partial charge in [-0.1, -0.05) is 163 Å². The molecule has 0 aromatic heterocycles. The zero-order chi connectivity index (χ0) is 42.9. The van der Waals surface area contributed by atoms with Gasteiger partial charge in [-0.15, -0.1) is 0 Å². The van der Waals surface area contributed by atoms with Gasteiger partial charge in [-0.3, -0.25) is 9.59 Å². The number of nitrogens with two attached hydrogens (primary N) is 1. The van der Waals surface area contributed by atoms with Crippen LogP contribution in [0.25, 0.3) is 0 Å². The molecule has 58 heavy (non-hydrogen) atoms. The first-order valence-corrected chi connectivity index (χ1v) is 25.3. The number of esters is 2. The lowest BCUT2D eigenvalue weighted by molar-refractivity contribution is -0.165. The molecule has 6 heteroatoms. The predicted octanol–water partition coefficient (Wildman–Crippen LogP) is 14.3. The average Bonchev–Trinajstić information content (AvgIpc) is 3.54. The molecule has 0 amide bonds. The molecule has 1 aliphatic carbocycles. The first-order valence-electron chi connectivity index (χ1n) is 25.3. The average molecular weight is 815 g/mol. The molecule has 2 N–H and O–H groups in total. The van der Waals surface area contributed by atoms with Crippen LogP contribution >= 0.6 is 0 Å². The fourth-order valence-electron chi connectivity index (χ4n) is 10.4. The third-order valence-corrected chi connectivity index (χ3v) is 14.5. The Labute approximate surface area is 360 Å². The van der Waals surface area contributed by atoms with Gasteiger partial charge in [0, 0.05) is 23.3 Å². The molecule has 1 saturated heterocycles. The summed E-state index contributed by atoms with van der Waals surface area (Å²) in [5, 5.41) is 0. The molecule has 2 fully saturated rings. The Morgan fingerprint density at radius 3 is 1.76 bits per heavy atom. The molecule has 0 aromatic rings. The number of carbonyl (C=O) groups excluding carboxylic acids is 2. The molecule has 0 radical (unpaired) electrons. The monoisotopic (exact) mass is 815 g/mol. The largest absolute Gasteiger partial charge is 0.462 e. The first-order chi connectivity index (χ1) is 27.7. The summed E-state index contributed by atoms with van der Waals surface area (Å²) in [6.45, 7) is 19.9. The highest BCUT2D eigenvalue weighted by atomic mass is 16.5. The lowest BCUT2D eigenvalue weighted by Crippen LogP contribution is -2.50. The second kappa shape index (κ2) is 29.0. The van der Waals surface area contributed by atoms with Gasteiger partial charge in [-0.05, 0) is 116 Å². The Balaban J connectivity index is 2.21. The van der Waals surface area contributed by atoms with E-state index in [1.807, 2.05) is 0 Å². The summed E-state index contributed by atoms with van der Waals surface area (Å²) in [5.74, 6) is 0.628. The molecule has 2 aliphatic rings. The summed E-state index contributed by atoms with van der Waals surface area (Å²) in [7, 11) is 2.13. The molecule has 0 spiro atoms. The number of nitrogens with zero attached hydrogens (tertiary/aromatic N) is 1. The van der Waals surface area contributed by atoms with Crippen LogP contribution in [0, 0.1) is 28.6 Å². The van der Waals surface area contributed by atoms with Crippen LogP contribution in [0.5, 0.6) is 0 Å². The Morgan fingerprint density at radius 2 is 1.24 bits per heavy atom. The maximum Gasteiger partial charge on any atom is 0.312 e. The van der Waals surface area contributed by atoms with Crippen LogP contribution in [0.15, 0.2) is 12.2 Å². The molecule has 6 nitrogen and oxygen atoms in total. The maximum absolute atomic E-state index is 14.2. The lowest BCUT2D eigenvalue weighted by Gasteiger charge is -2.44. The summed E-state index contributed by atoms with van der Waals surface area (Å²) in [6.07, 6.45) is 36.9. The van der Waals surface area contributed by atoms with E-state index < -0.39 is 5.41 Å². The SMILES string of the molecule is CC/C=C\CC1C(CC(=O)OC(CCCCCCCC)C(C)(C)CC(C)(N)C(CCCCCCCC)CCCCCCCC)CCC1OC(=O)C1(C)CCN(C)CC1. The number of allylic oxidation sites excluding steroid dienone is 2. The van der Waals surface area contributed by atoms with E-state index >= 15 is 0 Å². The number of hydrogen-bond acceptors (Lipinski definition) is 6. The molecular weight excluding hydrogens is 717 g/mol. The molecule has 1 aliphatic heterocycles. The van der Waals surface area contributed by atoms with Gasteiger partial charge >= 0.3 is 11.9 Å². The van der Waals surface area contributed by atoms with Crippen LogP contribution < -0.4 is 5.73 Å². The number of ether oxygens (including phenoxy) is 2. The minimum Gasteiger partial charge on any atom is -0.462 e. The van der Waals surface area contributed by atoms with E-state index in [1.54, 1.807) is 0 Å². The molecule has 2 rings (SSSR count). The van der Waals surface area contributed by atoms with E-state index in [-0.39, 0.29) is 46.9 Å². The van der Waals surface area contributed by atoms with Crippen molar-refractivity contribution in [1.29, 1.82) is 0 Å². The standard InChI is InChI=1S/C52H98N2O4/c1-10-14-18-21-24-28-31-44(32-29-25-22-19-15-11-2)52(8,53)42-50(5,6)47(34-30-26-23-20-16-12-3)58-48(55)41-43-35-36-46(45(43)33-27-17-13-4)57-49(56)51(7)37-39-54(9)40-38-51/h17,27,43-47H,10-16,18-26,28-42,53H2,1-9H3/b27-17-. The number of rotatable bonds is 33. The molecule has 0 bridgehead atoms. The maximum atomic E-state index is 14.2. The molecule has 5 unspecified atom stereocenters. The molecular formula is C52H98N2O4. The number of carbonyl (C=O) groups is 2. The zero-order valence-electron chi connectivity index (χ0n) is 40.1. The van der Waals surface area contributed by atoms with Crippen molar-refractivity contribution in [2.24, 2.45) is 34.3 Å². The van der Waals surface area contributed by atoms with E-state index in [2.05, 4.69) is 79.5 Å². The molecule has 0 aromatic carbocycles. The van der Waals surface area contributed by atoms with Gasteiger partial charge in [0.15, 0.2) is 0 Å². The highest BCUT2D eigenvalue weighted by molar-refractivity contribution is 5.77. The number of hydrogen-bond donors (Lipinski definition) is 1. The van der Waals surface area contributed by atoms with E-state index in [9.17, 15) is 9.59 Å². The second-order valence-corrected chi connectivity index (χ2v) is 20.6. The van der Waals surface area contributed by atoms with E-state index in [4.69, 9.17) is 15.2 Å². The molecule has 1 heterocycles. The molecule has 1 saturated carbocycles. The Bertz CT molecular complexity index is 1090. The fourth-order valence-corrected chi connectivity index (χ4v) is 10.4. The van der Waals surface area contributed by atoms with E-state index in [0.29, 0.717) is 12.3 Å². The fraction of sp³-hybridized carbons (Fsp3) is 0.923. The summed E-state index contributed by atoms with van der Waals surface area (Å²) < 4.78 is 13.1. The van der Waals surface area contributed by atoms with Gasteiger partial charge in [0.05, 0.1) is 5.41 Å². The Hall–Kier alpha value is -1.40. The third kappa shape index (κ3) is 20.0. The van der Waals surface area contributed by atoms with Crippen molar-refractivity contribution >= 4 is 11.9 Å². The van der Waals surface area contributed by atoms with Crippen molar-refractivity contribution in [1.82, 2.24) is 4.90 Å². The second-order valence-electron chi connectivity index (χ2n) is 20.6. The topological polar surface area (TPSA) is 81.9 Å². The van der Waals surface area contributed by atoms with Crippen molar-refractivity contribution in [3.8, 4) is 0 Å². The van der Waals surface area contributed by atoms with Gasteiger partial charge in [-0.2, -0.15) is 0 Å². The summed E-state index contributed by atoms with van der Waals surface area (Å²) >= 11 is 0. The number of unbranched alkanes of at least 4 members (excludes halogenated alkanes) is 15. The van der Waals surface area contributed by atoms with E-state index in [0.717, 1.165) is 70.9 Å². The Morgan fingerprint density at radius 1 is 0.741 bits per heavy atom. The van der Waals surface area contributed by atoms with E-state index in [1.165, 1.54) is 122 Å². The van der Waals surface area contributed by atoms with Gasteiger partial charge in [0.1, 0.15) is 12.2 Å². The van der Waals surface area contributed by atoms with Gasteiger partial charge in [0.2, 0.25) is 0 Å². The van der Waals surface area contributed by atoms with Crippen molar-refractivity contribution in [3.05, 3.63) is 12.2 Å². The first kappa shape index (κ1) is 52.7. The van der Waals surface area contributed by atoms with Gasteiger partial charge in [-0.25, -0.2) is 0 Å². The van der Waals surface area contributed by atoms with Crippen molar-refractivity contribution in [2.45, 2.75) is 259 Å². The molecule has 340 valence electrons. The smallest absolute Gasteiger partial charge is 0.312 e. The van der Waals surface area contributed by atoms with Crippen LogP contribution in [0.2, 0.25) is 0 Å². The summed E-state index contributed by atoms with van der Waals surface area (Å²) in [6, 6.07) is 0. The van der Waals surface area contributed by atoms with Crippen LogP contribution in [0.4, 0.5) is 0 Å². The Kier molecular flexibility index (Phi) is 26.4. The minimum absolute atomic E-state index is 0.0461. The van der Waals surface area contributed by atoms with Crippen LogP contribution in [0.3, 0.4) is 0 Å². The molecule has 5 atom stereocenters. The van der Waals surface area contributed by atoms with Crippen LogP contribution in [-0.2, 0) is 19.1 Å². The van der Waals surface area contributed by atoms with Gasteiger partial charge in [0.25, 0.3) is 0 Å².